The molecule has 0 fully saturated rings. The number of alkyl halides is 6. The van der Waals surface area contributed by atoms with Crippen LogP contribution in [0.5, 0.6) is 0 Å². The summed E-state index contributed by atoms with van der Waals surface area (Å²) in [6, 6.07) is 11.3. The number of nitrogens with one attached hydrogen (secondary N) is 2. The molecule has 0 atom stereocenters. The Morgan fingerprint density at radius 2 is 1.59 bits per heavy atom. The number of anilines is 2. The summed E-state index contributed by atoms with van der Waals surface area (Å²) in [6.45, 7) is 3.18. The van der Waals surface area contributed by atoms with Gasteiger partial charge in [0.15, 0.2) is 0 Å². The van der Waals surface area contributed by atoms with Gasteiger partial charge in [0.1, 0.15) is 11.6 Å². The van der Waals surface area contributed by atoms with E-state index in [9.17, 15) is 26.3 Å². The van der Waals surface area contributed by atoms with Crippen molar-refractivity contribution >= 4 is 22.4 Å². The number of fused-ring (bicyclic) bond motifs is 1. The van der Waals surface area contributed by atoms with Gasteiger partial charge >= 0.3 is 12.4 Å². The van der Waals surface area contributed by atoms with Crippen LogP contribution in [-0.2, 0) is 18.9 Å². The maximum Gasteiger partial charge on any atom is 0.418 e. The molecule has 2 aromatic heterocycles. The second kappa shape index (κ2) is 12.0. The molecular formula is C28H27F6N5. The molecule has 4 aromatic rings. The molecule has 2 N–H and O–H groups in total. The second-order valence-corrected chi connectivity index (χ2v) is 9.06. The lowest BCUT2D eigenvalue weighted by Crippen LogP contribution is -2.17. The van der Waals surface area contributed by atoms with E-state index < -0.39 is 23.5 Å². The van der Waals surface area contributed by atoms with E-state index in [1.54, 1.807) is 6.07 Å². The molecule has 5 nitrogen and oxygen atoms in total. The molecule has 0 aliphatic rings. The molecule has 0 saturated carbocycles. The van der Waals surface area contributed by atoms with Gasteiger partial charge in [0.2, 0.25) is 0 Å². The Labute approximate surface area is 221 Å². The van der Waals surface area contributed by atoms with Crippen molar-refractivity contribution in [3.63, 3.8) is 0 Å². The Morgan fingerprint density at radius 3 is 2.28 bits per heavy atom. The van der Waals surface area contributed by atoms with Crippen molar-refractivity contribution in [3.8, 4) is 11.3 Å². The van der Waals surface area contributed by atoms with Gasteiger partial charge in [-0.2, -0.15) is 26.3 Å². The minimum absolute atomic E-state index is 0.224. The van der Waals surface area contributed by atoms with Crippen LogP contribution in [0.25, 0.3) is 22.2 Å². The van der Waals surface area contributed by atoms with Crippen molar-refractivity contribution in [3.05, 3.63) is 77.7 Å². The molecule has 0 spiro atoms. The van der Waals surface area contributed by atoms with Crippen LogP contribution in [0.2, 0.25) is 0 Å². The number of aromatic nitrogens is 3. The Balaban J connectivity index is 1.70. The van der Waals surface area contributed by atoms with E-state index in [0.29, 0.717) is 34.8 Å². The van der Waals surface area contributed by atoms with Gasteiger partial charge in [-0.1, -0.05) is 32.3 Å². The van der Waals surface area contributed by atoms with Gasteiger partial charge in [-0.25, -0.2) is 9.97 Å². The van der Waals surface area contributed by atoms with Crippen LogP contribution < -0.4 is 10.6 Å². The van der Waals surface area contributed by atoms with Crippen LogP contribution in [0.1, 0.15) is 49.6 Å². The Bertz CT molecular complexity index is 1400. The zero-order valence-corrected chi connectivity index (χ0v) is 21.1. The fraction of sp³-hybridized carbons (Fsp3) is 0.321. The Hall–Kier alpha value is -3.73. The number of unbranched alkanes of at least 4 members (excludes halogenated alkanes) is 3. The summed E-state index contributed by atoms with van der Waals surface area (Å²) in [5.41, 5.74) is -0.899. The molecule has 0 radical (unpaired) electrons. The van der Waals surface area contributed by atoms with Crippen molar-refractivity contribution < 1.29 is 26.3 Å². The van der Waals surface area contributed by atoms with Crippen LogP contribution >= 0.6 is 0 Å². The fourth-order valence-electron chi connectivity index (χ4n) is 4.12. The second-order valence-electron chi connectivity index (χ2n) is 9.06. The normalized spacial score (nSPS) is 12.2. The van der Waals surface area contributed by atoms with Gasteiger partial charge in [0.05, 0.1) is 28.9 Å². The smallest absolute Gasteiger partial charge is 0.340 e. The predicted octanol–water partition coefficient (Wildman–Crippen LogP) is 8.14. The number of rotatable bonds is 10. The Kier molecular flexibility index (Phi) is 8.69. The molecular weight excluding hydrogens is 520 g/mol. The number of pyridine rings is 1. The number of nitrogens with zero attached hydrogens (tertiary/aromatic N) is 3. The van der Waals surface area contributed by atoms with E-state index in [1.807, 2.05) is 0 Å². The molecule has 11 heteroatoms. The summed E-state index contributed by atoms with van der Waals surface area (Å²) in [5, 5.41) is 6.81. The molecule has 2 aromatic carbocycles. The van der Waals surface area contributed by atoms with E-state index in [-0.39, 0.29) is 11.3 Å². The SMILES string of the molecule is CCCCCCNCc1nc(Nc2ccc(C(F)(F)F)cc2)c2ccc(-c3ncccc3C(F)(F)F)cc2n1. The molecule has 0 saturated heterocycles. The molecule has 2 heterocycles. The average molecular weight is 548 g/mol. The van der Waals surface area contributed by atoms with Crippen molar-refractivity contribution in [1.82, 2.24) is 20.3 Å². The third-order valence-corrected chi connectivity index (χ3v) is 6.09. The highest BCUT2D eigenvalue weighted by Gasteiger charge is 2.34. The van der Waals surface area contributed by atoms with Crippen molar-refractivity contribution in [2.24, 2.45) is 0 Å². The van der Waals surface area contributed by atoms with E-state index in [2.05, 4.69) is 32.5 Å². The van der Waals surface area contributed by atoms with Gasteiger partial charge in [0, 0.05) is 22.8 Å². The Morgan fingerprint density at radius 1 is 0.821 bits per heavy atom. The molecule has 0 aliphatic carbocycles. The highest BCUT2D eigenvalue weighted by atomic mass is 19.4. The van der Waals surface area contributed by atoms with E-state index in [0.717, 1.165) is 50.4 Å². The molecule has 0 aliphatic heterocycles. The molecule has 39 heavy (non-hydrogen) atoms. The standard InChI is InChI=1S/C28H27F6N5/c1-2-3-4-5-14-35-17-24-38-23-16-18(25-22(28(32,33)34)7-6-15-36-25)8-13-21(23)26(39-24)37-20-11-9-19(10-12-20)27(29,30)31/h6-13,15-16,35H,2-5,14,17H2,1H3,(H,37,38,39). The van der Waals surface area contributed by atoms with Crippen molar-refractivity contribution in [2.75, 3.05) is 11.9 Å². The summed E-state index contributed by atoms with van der Waals surface area (Å²) in [6.07, 6.45) is -3.47. The van der Waals surface area contributed by atoms with Gasteiger partial charge in [0.25, 0.3) is 0 Å². The highest BCUT2D eigenvalue weighted by Crippen LogP contribution is 2.37. The average Bonchev–Trinajstić information content (AvgIpc) is 2.89. The van der Waals surface area contributed by atoms with E-state index in [4.69, 9.17) is 0 Å². The van der Waals surface area contributed by atoms with Gasteiger partial charge in [-0.3, -0.25) is 4.98 Å². The molecule has 206 valence electrons. The van der Waals surface area contributed by atoms with Crippen molar-refractivity contribution in [2.45, 2.75) is 51.5 Å². The van der Waals surface area contributed by atoms with E-state index in [1.165, 1.54) is 36.5 Å². The fourth-order valence-corrected chi connectivity index (χ4v) is 4.12. The van der Waals surface area contributed by atoms with Crippen LogP contribution in [0.3, 0.4) is 0 Å². The summed E-state index contributed by atoms with van der Waals surface area (Å²) < 4.78 is 79.8. The minimum atomic E-state index is -4.59. The number of halogens is 6. The minimum Gasteiger partial charge on any atom is -0.340 e. The van der Waals surface area contributed by atoms with Crippen LogP contribution in [0, 0.1) is 0 Å². The van der Waals surface area contributed by atoms with Crippen LogP contribution in [-0.4, -0.2) is 21.5 Å². The number of benzene rings is 2. The maximum atomic E-state index is 13.6. The first-order chi connectivity index (χ1) is 18.6. The molecule has 0 unspecified atom stereocenters. The largest absolute Gasteiger partial charge is 0.418 e. The van der Waals surface area contributed by atoms with Crippen molar-refractivity contribution in [1.29, 1.82) is 0 Å². The highest BCUT2D eigenvalue weighted by molar-refractivity contribution is 5.93. The van der Waals surface area contributed by atoms with Crippen LogP contribution in [0.4, 0.5) is 37.8 Å². The lowest BCUT2D eigenvalue weighted by atomic mass is 10.0. The van der Waals surface area contributed by atoms with Gasteiger partial charge in [-0.05, 0) is 61.5 Å². The lowest BCUT2D eigenvalue weighted by Gasteiger charge is -2.15. The third-order valence-electron chi connectivity index (χ3n) is 6.09. The third kappa shape index (κ3) is 7.23. The maximum absolute atomic E-state index is 13.6. The lowest BCUT2D eigenvalue weighted by molar-refractivity contribution is -0.138. The van der Waals surface area contributed by atoms with E-state index >= 15 is 0 Å². The molecule has 4 rings (SSSR count). The number of hydrogen-bond donors (Lipinski definition) is 2. The van der Waals surface area contributed by atoms with Gasteiger partial charge < -0.3 is 10.6 Å². The van der Waals surface area contributed by atoms with Gasteiger partial charge in [-0.15, -0.1) is 0 Å². The summed E-state index contributed by atoms with van der Waals surface area (Å²) in [7, 11) is 0. The quantitative estimate of drug-likeness (QED) is 0.155. The predicted molar refractivity (Wildman–Crippen MR) is 138 cm³/mol. The first kappa shape index (κ1) is 28.3. The summed E-state index contributed by atoms with van der Waals surface area (Å²) in [5.74, 6) is 0.716. The zero-order chi connectivity index (χ0) is 28.0. The summed E-state index contributed by atoms with van der Waals surface area (Å²) in [4.78, 5) is 13.1. The number of hydrogen-bond acceptors (Lipinski definition) is 5. The van der Waals surface area contributed by atoms with Crippen LogP contribution in [0.15, 0.2) is 60.8 Å². The monoisotopic (exact) mass is 547 g/mol. The first-order valence-corrected chi connectivity index (χ1v) is 12.5. The topological polar surface area (TPSA) is 62.7 Å². The molecule has 0 bridgehead atoms. The summed E-state index contributed by atoms with van der Waals surface area (Å²) >= 11 is 0. The zero-order valence-electron chi connectivity index (χ0n) is 21.1. The first-order valence-electron chi connectivity index (χ1n) is 12.5. The molecule has 0 amide bonds.